The van der Waals surface area contributed by atoms with Gasteiger partial charge in [-0.2, -0.15) is 5.10 Å². The molecule has 9 rings (SSSR count). The lowest BCUT2D eigenvalue weighted by Crippen LogP contribution is -2.22. The fraction of sp³-hybridized carbons (Fsp3) is 0.270. The molecule has 1 aliphatic carbocycles. The Morgan fingerprint density at radius 3 is 2.73 bits per heavy atom. The molecule has 6 aromatic rings. The number of hydrogen-bond acceptors (Lipinski definition) is 9. The van der Waals surface area contributed by atoms with E-state index in [4.69, 9.17) is 14.7 Å². The molecule has 1 amide bonds. The molecule has 246 valence electrons. The van der Waals surface area contributed by atoms with E-state index in [-0.39, 0.29) is 28.7 Å². The van der Waals surface area contributed by atoms with Crippen molar-refractivity contribution in [1.82, 2.24) is 25.1 Å². The monoisotopic (exact) mass is 690 g/mol. The lowest BCUT2D eigenvalue weighted by Gasteiger charge is -2.17. The Hall–Kier alpha value is -4.94. The molecule has 1 fully saturated rings. The van der Waals surface area contributed by atoms with Gasteiger partial charge >= 0.3 is 4.87 Å². The summed E-state index contributed by atoms with van der Waals surface area (Å²) in [7, 11) is 1.71. The number of amides is 1. The first-order valence-electron chi connectivity index (χ1n) is 16.5. The van der Waals surface area contributed by atoms with Crippen LogP contribution in [0.25, 0.3) is 31.1 Å². The number of benzene rings is 2. The zero-order valence-electron chi connectivity index (χ0n) is 26.6. The van der Waals surface area contributed by atoms with Crippen LogP contribution in [0.3, 0.4) is 0 Å². The van der Waals surface area contributed by atoms with Crippen LogP contribution >= 0.6 is 22.7 Å². The van der Waals surface area contributed by atoms with Gasteiger partial charge in [-0.1, -0.05) is 35.6 Å². The van der Waals surface area contributed by atoms with E-state index in [2.05, 4.69) is 27.6 Å². The third kappa shape index (κ3) is 5.04. The number of nitrogens with one attached hydrogen (secondary N) is 2. The van der Waals surface area contributed by atoms with E-state index in [1.54, 1.807) is 30.6 Å². The van der Waals surface area contributed by atoms with E-state index < -0.39 is 0 Å². The molecule has 4 aromatic heterocycles. The summed E-state index contributed by atoms with van der Waals surface area (Å²) in [5.41, 5.74) is 7.04. The molecular formula is C37H31FN6O3S2. The molecule has 9 nitrogen and oxygen atoms in total. The number of anilines is 1. The molecule has 0 unspecified atom stereocenters. The van der Waals surface area contributed by atoms with Gasteiger partial charge in [-0.05, 0) is 90.9 Å². The van der Waals surface area contributed by atoms with E-state index in [0.29, 0.717) is 35.5 Å². The summed E-state index contributed by atoms with van der Waals surface area (Å²) >= 11 is 2.60. The van der Waals surface area contributed by atoms with Crippen molar-refractivity contribution in [2.24, 2.45) is 0 Å². The van der Waals surface area contributed by atoms with Gasteiger partial charge in [-0.25, -0.2) is 14.5 Å². The largest absolute Gasteiger partial charge is 0.496 e. The molecule has 2 N–H and O–H groups in total. The average molecular weight is 691 g/mol. The Balaban J connectivity index is 1.20. The molecule has 0 saturated carbocycles. The number of pyridine rings is 2. The van der Waals surface area contributed by atoms with Gasteiger partial charge in [-0.3, -0.25) is 14.6 Å². The zero-order chi connectivity index (χ0) is 33.2. The predicted octanol–water partition coefficient (Wildman–Crippen LogP) is 7.49. The number of nitrogens with zero attached hydrogens (tertiary/aromatic N) is 4. The van der Waals surface area contributed by atoms with E-state index >= 15 is 0 Å². The predicted molar refractivity (Wildman–Crippen MR) is 189 cm³/mol. The van der Waals surface area contributed by atoms with Gasteiger partial charge in [0.1, 0.15) is 17.4 Å². The average Bonchev–Trinajstić information content (AvgIpc) is 3.95. The Morgan fingerprint density at radius 2 is 1.92 bits per heavy atom. The topological polar surface area (TPSA) is 113 Å². The second-order valence-corrected chi connectivity index (χ2v) is 14.7. The highest BCUT2D eigenvalue weighted by molar-refractivity contribution is 7.23. The van der Waals surface area contributed by atoms with Gasteiger partial charge in [0, 0.05) is 28.7 Å². The number of aromatic amines is 1. The van der Waals surface area contributed by atoms with Crippen molar-refractivity contribution in [1.29, 1.82) is 0 Å². The molecule has 6 heterocycles. The number of hydrogen-bond donors (Lipinski definition) is 2. The van der Waals surface area contributed by atoms with Crippen LogP contribution in [-0.4, -0.2) is 44.6 Å². The van der Waals surface area contributed by atoms with Gasteiger partial charge in [-0.15, -0.1) is 11.3 Å². The molecule has 2 aliphatic heterocycles. The number of H-pyrrole nitrogens is 1. The molecule has 2 atom stereocenters. The Kier molecular flexibility index (Phi) is 7.31. The van der Waals surface area contributed by atoms with Crippen molar-refractivity contribution in [3.8, 4) is 26.8 Å². The highest BCUT2D eigenvalue weighted by Gasteiger charge is 2.44. The minimum absolute atomic E-state index is 0.0281. The maximum Gasteiger partial charge on any atom is 0.322 e. The summed E-state index contributed by atoms with van der Waals surface area (Å²) in [5.74, 6) is 1.38. The SMILES string of the molecule is COc1cccc2c1CC[C@@H]2Nc1nccc2cc(-c3c4c(nc(CCc5ccc(F)cc5)c3-c3n[nH]c(=O)s3)[C@H]3CCCN3C4=O)sc12. The summed E-state index contributed by atoms with van der Waals surface area (Å²) in [6.45, 7) is 0.688. The van der Waals surface area contributed by atoms with Crippen molar-refractivity contribution in [2.45, 2.75) is 50.6 Å². The number of carbonyl (C=O) groups excluding carboxylic acids is 1. The van der Waals surface area contributed by atoms with Crippen LogP contribution in [0.5, 0.6) is 5.75 Å². The minimum atomic E-state index is -0.284. The number of aromatic nitrogens is 4. The fourth-order valence-corrected chi connectivity index (χ4v) is 9.62. The van der Waals surface area contributed by atoms with Gasteiger partial charge in [0.25, 0.3) is 5.91 Å². The molecule has 3 aliphatic rings. The fourth-order valence-electron chi connectivity index (χ4n) is 7.78. The lowest BCUT2D eigenvalue weighted by atomic mass is 9.93. The smallest absolute Gasteiger partial charge is 0.322 e. The third-order valence-corrected chi connectivity index (χ3v) is 11.9. The number of halogens is 1. The number of aryl methyl sites for hydroxylation is 2. The molecule has 0 radical (unpaired) electrons. The highest BCUT2D eigenvalue weighted by atomic mass is 32.1. The molecule has 49 heavy (non-hydrogen) atoms. The lowest BCUT2D eigenvalue weighted by molar-refractivity contribution is 0.0776. The number of fused-ring (bicyclic) bond motifs is 5. The molecular weight excluding hydrogens is 660 g/mol. The maximum atomic E-state index is 14.2. The van der Waals surface area contributed by atoms with Crippen molar-refractivity contribution in [3.63, 3.8) is 0 Å². The highest BCUT2D eigenvalue weighted by Crippen LogP contribution is 2.51. The summed E-state index contributed by atoms with van der Waals surface area (Å²) in [6.07, 6.45) is 6.58. The van der Waals surface area contributed by atoms with E-state index in [9.17, 15) is 14.0 Å². The standard InChI is InChI=1S/C37H31FN6O3S2/c1-47-27-6-2-4-22-23(27)12-14-24(22)41-34-33-20(15-16-39-34)18-28(48-33)30-29(35-42-43-37(46)49-35)25(13-9-19-7-10-21(38)11-8-19)40-32-26-5-3-17-44(26)36(45)31(30)32/h2,4,6-8,10-11,15-16,18,24,26H,3,5,9,12-14,17H2,1H3,(H,39,41)(H,43,46)/t24-,26+/m0/s1. The molecule has 12 heteroatoms. The summed E-state index contributed by atoms with van der Waals surface area (Å²) in [5, 5.41) is 12.2. The molecule has 2 aromatic carbocycles. The second-order valence-electron chi connectivity index (χ2n) is 12.7. The number of thiophene rings is 1. The first kappa shape index (κ1) is 30.1. The summed E-state index contributed by atoms with van der Waals surface area (Å²) in [6, 6.07) is 16.8. The van der Waals surface area contributed by atoms with Crippen LogP contribution in [0.2, 0.25) is 0 Å². The Morgan fingerprint density at radius 1 is 1.04 bits per heavy atom. The number of carbonyl (C=O) groups is 1. The first-order valence-corrected chi connectivity index (χ1v) is 18.1. The van der Waals surface area contributed by atoms with E-state index in [0.717, 1.165) is 86.1 Å². The quantitative estimate of drug-likeness (QED) is 0.170. The molecule has 0 bridgehead atoms. The van der Waals surface area contributed by atoms with Crippen LogP contribution in [0.15, 0.2) is 65.6 Å². The Labute approximate surface area is 288 Å². The normalized spacial score (nSPS) is 17.8. The van der Waals surface area contributed by atoms with Crippen LogP contribution in [0.1, 0.15) is 69.8 Å². The van der Waals surface area contributed by atoms with Crippen LogP contribution in [0.4, 0.5) is 10.2 Å². The Bertz CT molecular complexity index is 2330. The van der Waals surface area contributed by atoms with Gasteiger partial charge < -0.3 is 15.0 Å². The van der Waals surface area contributed by atoms with Crippen LogP contribution in [-0.2, 0) is 19.3 Å². The van der Waals surface area contributed by atoms with Gasteiger partial charge in [0.15, 0.2) is 5.01 Å². The maximum absolute atomic E-state index is 14.2. The molecule has 0 spiro atoms. The van der Waals surface area contributed by atoms with E-state index in [1.807, 2.05) is 29.3 Å². The van der Waals surface area contributed by atoms with Crippen molar-refractivity contribution < 1.29 is 13.9 Å². The van der Waals surface area contributed by atoms with Gasteiger partial charge in [0.05, 0.1) is 40.8 Å². The zero-order valence-corrected chi connectivity index (χ0v) is 28.2. The van der Waals surface area contributed by atoms with E-state index in [1.165, 1.54) is 23.3 Å². The first-order chi connectivity index (χ1) is 24.0. The van der Waals surface area contributed by atoms with Crippen molar-refractivity contribution in [2.75, 3.05) is 19.0 Å². The minimum Gasteiger partial charge on any atom is -0.496 e. The van der Waals surface area contributed by atoms with Crippen LogP contribution < -0.4 is 14.9 Å². The summed E-state index contributed by atoms with van der Waals surface area (Å²) in [4.78, 5) is 39.3. The summed E-state index contributed by atoms with van der Waals surface area (Å²) < 4.78 is 20.3. The third-order valence-electron chi connectivity index (χ3n) is 10.00. The number of methoxy groups -OCH3 is 1. The van der Waals surface area contributed by atoms with Crippen molar-refractivity contribution in [3.05, 3.63) is 110 Å². The molecule has 1 saturated heterocycles. The number of ether oxygens (including phenoxy) is 1. The van der Waals surface area contributed by atoms with Crippen LogP contribution in [0, 0.1) is 5.82 Å². The van der Waals surface area contributed by atoms with Crippen molar-refractivity contribution >= 4 is 44.5 Å². The number of rotatable bonds is 8. The second kappa shape index (κ2) is 11.9. The van der Waals surface area contributed by atoms with Gasteiger partial charge in [0.2, 0.25) is 0 Å².